The molecule has 4 aliphatic carbocycles. The summed E-state index contributed by atoms with van der Waals surface area (Å²) in [4.78, 5) is 2.65. The molecule has 394 valence electrons. The number of nitrogens with zero attached hydrogens (tertiary/aromatic N) is 1. The molecule has 2 spiro atoms. The van der Waals surface area contributed by atoms with Gasteiger partial charge < -0.3 is 9.64 Å². The van der Waals surface area contributed by atoms with Crippen LogP contribution in [-0.4, -0.2) is 0 Å². The molecule has 0 saturated carbocycles. The molecule has 14 aromatic carbocycles. The van der Waals surface area contributed by atoms with E-state index in [2.05, 4.69) is 314 Å². The predicted octanol–water partition coefficient (Wildman–Crippen LogP) is 20.6. The molecule has 0 bridgehead atoms. The summed E-state index contributed by atoms with van der Waals surface area (Å²) in [5, 5.41) is 4.50. The maximum atomic E-state index is 7.47. The van der Waals surface area contributed by atoms with Gasteiger partial charge in [-0.25, -0.2) is 0 Å². The van der Waals surface area contributed by atoms with Crippen molar-refractivity contribution in [1.29, 1.82) is 0 Å². The Morgan fingerprint density at radius 1 is 0.235 bits per heavy atom. The fraction of sp³-hybridized carbons (Fsp3) is 0.0361. The van der Waals surface area contributed by atoms with E-state index in [1.807, 2.05) is 0 Å². The third-order valence-corrected chi connectivity index (χ3v) is 20.0. The number of anilines is 3. The number of hydrogen-bond acceptors (Lipinski definition) is 2. The van der Waals surface area contributed by atoms with Gasteiger partial charge in [0.1, 0.15) is 11.5 Å². The second-order valence-corrected chi connectivity index (χ2v) is 23.6. The summed E-state index contributed by atoms with van der Waals surface area (Å²) in [6.45, 7) is 0. The molecule has 2 nitrogen and oxygen atoms in total. The van der Waals surface area contributed by atoms with Crippen LogP contribution in [0.1, 0.15) is 66.8 Å². The van der Waals surface area contributed by atoms with Crippen molar-refractivity contribution in [3.63, 3.8) is 0 Å². The van der Waals surface area contributed by atoms with Crippen LogP contribution < -0.4 is 9.64 Å². The molecular weight excluding hydrogens is 1030 g/mol. The lowest BCUT2D eigenvalue weighted by atomic mass is 9.65. The van der Waals surface area contributed by atoms with E-state index < -0.39 is 16.2 Å². The van der Waals surface area contributed by atoms with Gasteiger partial charge in [0.25, 0.3) is 0 Å². The van der Waals surface area contributed by atoms with Crippen molar-refractivity contribution >= 4 is 38.6 Å². The molecule has 0 N–H and O–H groups in total. The Labute approximate surface area is 493 Å². The van der Waals surface area contributed by atoms with Gasteiger partial charge in [-0.3, -0.25) is 0 Å². The maximum absolute atomic E-state index is 7.47. The van der Waals surface area contributed by atoms with E-state index in [-0.39, 0.29) is 0 Å². The molecule has 0 amide bonds. The lowest BCUT2D eigenvalue weighted by molar-refractivity contribution is 0.447. The molecule has 0 radical (unpaired) electrons. The van der Waals surface area contributed by atoms with Crippen molar-refractivity contribution in [3.8, 4) is 56.0 Å². The van der Waals surface area contributed by atoms with Gasteiger partial charge in [0.2, 0.25) is 0 Å². The lowest BCUT2D eigenvalue weighted by Crippen LogP contribution is -2.32. The zero-order chi connectivity index (χ0) is 55.6. The monoisotopic (exact) mass is 1080 g/mol. The van der Waals surface area contributed by atoms with Crippen molar-refractivity contribution in [1.82, 2.24) is 0 Å². The van der Waals surface area contributed by atoms with Crippen molar-refractivity contribution in [2.75, 3.05) is 4.90 Å². The van der Waals surface area contributed by atoms with E-state index in [0.29, 0.717) is 0 Å². The number of ether oxygens (including phenoxy) is 1. The van der Waals surface area contributed by atoms with E-state index in [1.165, 1.54) is 100 Å². The third-order valence-electron chi connectivity index (χ3n) is 20.0. The highest BCUT2D eigenvalue weighted by atomic mass is 16.5. The molecule has 14 aromatic rings. The number of benzene rings is 14. The number of rotatable bonds is 5. The van der Waals surface area contributed by atoms with Crippen LogP contribution in [0.15, 0.2) is 309 Å². The molecule has 0 atom stereocenters. The van der Waals surface area contributed by atoms with Crippen LogP contribution in [-0.2, 0) is 16.2 Å². The highest BCUT2D eigenvalue weighted by Gasteiger charge is 2.55. The summed E-state index contributed by atoms with van der Waals surface area (Å²) < 4.78 is 7.47. The fourth-order valence-electron chi connectivity index (χ4n) is 16.9. The van der Waals surface area contributed by atoms with Crippen LogP contribution in [0.5, 0.6) is 11.5 Å². The smallest absolute Gasteiger partial charge is 0.140 e. The van der Waals surface area contributed by atoms with E-state index in [1.54, 1.807) is 0 Å². The van der Waals surface area contributed by atoms with E-state index in [0.717, 1.165) is 61.2 Å². The van der Waals surface area contributed by atoms with Gasteiger partial charge in [0, 0.05) is 38.7 Å². The van der Waals surface area contributed by atoms with Gasteiger partial charge >= 0.3 is 0 Å². The van der Waals surface area contributed by atoms with Crippen LogP contribution in [0.3, 0.4) is 0 Å². The van der Waals surface area contributed by atoms with Crippen LogP contribution in [0.2, 0.25) is 0 Å². The summed E-state index contributed by atoms with van der Waals surface area (Å²) in [7, 11) is 0. The van der Waals surface area contributed by atoms with Crippen LogP contribution >= 0.6 is 0 Å². The molecule has 85 heavy (non-hydrogen) atoms. The molecule has 5 aliphatic rings. The van der Waals surface area contributed by atoms with E-state index in [4.69, 9.17) is 4.74 Å². The Hall–Kier alpha value is -10.8. The standard InChI is InChI=1S/C83H51NO/c1-3-25-54(26-4-1)81(55-27-5-2-6-28-55)68-39-19-14-34-63(68)77-70(81)41-21-43-75(77)84(56-47-48-62-61-33-13-18-38-67(61)82(74(62)51-56)65-36-16-11-31-59(65)60-32-12-17-37-66(60)82)76-44-22-42-71-78(76)64-35-15-20-40-69(64)83(71)72-49-45-52-23-7-9-29-57(52)79(72)85-80-58-30-10-8-24-53(58)46-50-73(80)83/h1-51H. The summed E-state index contributed by atoms with van der Waals surface area (Å²) in [5.74, 6) is 1.81. The molecule has 0 fully saturated rings. The topological polar surface area (TPSA) is 12.5 Å². The average molecular weight is 1080 g/mol. The highest BCUT2D eigenvalue weighted by molar-refractivity contribution is 6.06. The Kier molecular flexibility index (Phi) is 9.43. The molecule has 1 heterocycles. The first-order valence-corrected chi connectivity index (χ1v) is 29.7. The van der Waals surface area contributed by atoms with Crippen molar-refractivity contribution in [3.05, 3.63) is 376 Å². The molecule has 0 aromatic heterocycles. The van der Waals surface area contributed by atoms with Crippen LogP contribution in [0.4, 0.5) is 17.1 Å². The Morgan fingerprint density at radius 2 is 0.600 bits per heavy atom. The second-order valence-electron chi connectivity index (χ2n) is 23.6. The summed E-state index contributed by atoms with van der Waals surface area (Å²) >= 11 is 0. The minimum atomic E-state index is -0.757. The zero-order valence-corrected chi connectivity index (χ0v) is 46.3. The molecule has 0 unspecified atom stereocenters. The fourth-order valence-corrected chi connectivity index (χ4v) is 16.9. The molecule has 2 heteroatoms. The summed E-state index contributed by atoms with van der Waals surface area (Å²) in [6, 6.07) is 117. The number of hydrogen-bond donors (Lipinski definition) is 0. The lowest BCUT2D eigenvalue weighted by Gasteiger charge is -2.40. The minimum absolute atomic E-state index is 0.557. The molecular formula is C83H51NO. The van der Waals surface area contributed by atoms with Crippen LogP contribution in [0.25, 0.3) is 66.1 Å². The highest BCUT2D eigenvalue weighted by Crippen LogP contribution is 2.68. The largest absolute Gasteiger partial charge is 0.455 e. The minimum Gasteiger partial charge on any atom is -0.455 e. The Morgan fingerprint density at radius 3 is 1.09 bits per heavy atom. The van der Waals surface area contributed by atoms with Gasteiger partial charge in [-0.2, -0.15) is 0 Å². The SMILES string of the molecule is c1ccc(C2(c3ccccc3)c3ccccc3-c3c(N(c4ccc5c(c4)C4(c6ccccc6-c6ccccc64)c4ccccc4-5)c4cccc5c4-c4ccccc4C54c5ccc6ccccc6c5Oc5c4ccc4ccccc54)cccc32)cc1. The van der Waals surface area contributed by atoms with E-state index in [9.17, 15) is 0 Å². The normalized spacial score (nSPS) is 14.7. The maximum Gasteiger partial charge on any atom is 0.140 e. The second kappa shape index (κ2) is 17.1. The van der Waals surface area contributed by atoms with Crippen molar-refractivity contribution < 1.29 is 4.74 Å². The summed E-state index contributed by atoms with van der Waals surface area (Å²) in [6.07, 6.45) is 0. The Bertz CT molecular complexity index is 5000. The Balaban J connectivity index is 0.956. The average Bonchev–Trinajstić information content (AvgIpc) is 1.61. The van der Waals surface area contributed by atoms with Crippen molar-refractivity contribution in [2.45, 2.75) is 16.2 Å². The quantitative estimate of drug-likeness (QED) is 0.170. The van der Waals surface area contributed by atoms with Crippen LogP contribution in [0, 0.1) is 0 Å². The van der Waals surface area contributed by atoms with Gasteiger partial charge in [-0.15, -0.1) is 0 Å². The molecule has 19 rings (SSSR count). The predicted molar refractivity (Wildman–Crippen MR) is 347 cm³/mol. The van der Waals surface area contributed by atoms with Gasteiger partial charge in [0.15, 0.2) is 0 Å². The summed E-state index contributed by atoms with van der Waals surface area (Å²) in [5.41, 5.74) is 26.4. The van der Waals surface area contributed by atoms with Gasteiger partial charge in [0.05, 0.1) is 27.6 Å². The van der Waals surface area contributed by atoms with Crippen molar-refractivity contribution in [2.24, 2.45) is 0 Å². The molecule has 0 saturated heterocycles. The zero-order valence-electron chi connectivity index (χ0n) is 46.3. The molecule has 1 aliphatic heterocycles. The number of fused-ring (bicyclic) bond motifs is 26. The first kappa shape index (κ1) is 46.8. The van der Waals surface area contributed by atoms with Gasteiger partial charge in [-0.05, 0) is 124 Å². The first-order valence-electron chi connectivity index (χ1n) is 29.7. The van der Waals surface area contributed by atoms with Gasteiger partial charge in [-0.1, -0.05) is 285 Å². The third kappa shape index (κ3) is 5.79. The van der Waals surface area contributed by atoms with E-state index >= 15 is 0 Å². The first-order chi connectivity index (χ1) is 42.2.